The van der Waals surface area contributed by atoms with Gasteiger partial charge in [0.2, 0.25) is 5.89 Å². The van der Waals surface area contributed by atoms with Gasteiger partial charge in [-0.3, -0.25) is 4.79 Å². The van der Waals surface area contributed by atoms with E-state index in [2.05, 4.69) is 4.98 Å². The van der Waals surface area contributed by atoms with Crippen LogP contribution >= 0.6 is 0 Å². The summed E-state index contributed by atoms with van der Waals surface area (Å²) in [5.74, 6) is 2.55. The van der Waals surface area contributed by atoms with Crippen LogP contribution in [0, 0.1) is 6.92 Å². The van der Waals surface area contributed by atoms with Crippen molar-refractivity contribution in [3.63, 3.8) is 0 Å². The summed E-state index contributed by atoms with van der Waals surface area (Å²) in [4.78, 5) is 15.5. The molecule has 1 heterocycles. The summed E-state index contributed by atoms with van der Waals surface area (Å²) in [5.41, 5.74) is 2.32. The molecule has 3 aromatic rings. The second kappa shape index (κ2) is 7.66. The van der Waals surface area contributed by atoms with Crippen LogP contribution in [0.1, 0.15) is 21.8 Å². The number of nitrogens with zero attached hydrogens (tertiary/aromatic N) is 1. The normalized spacial score (nSPS) is 10.5. The van der Waals surface area contributed by atoms with Crippen molar-refractivity contribution in [2.45, 2.75) is 13.3 Å². The van der Waals surface area contributed by atoms with Gasteiger partial charge < -0.3 is 13.9 Å². The first-order valence-corrected chi connectivity index (χ1v) is 7.99. The molecule has 0 N–H and O–H groups in total. The van der Waals surface area contributed by atoms with Crippen molar-refractivity contribution >= 4 is 6.29 Å². The minimum Gasteiger partial charge on any atom is -0.496 e. The van der Waals surface area contributed by atoms with Gasteiger partial charge in [0.1, 0.15) is 17.3 Å². The number of methoxy groups -OCH3 is 1. The zero-order chi connectivity index (χ0) is 17.6. The van der Waals surface area contributed by atoms with E-state index in [1.807, 2.05) is 37.3 Å². The van der Waals surface area contributed by atoms with E-state index in [0.717, 1.165) is 23.3 Å². The molecule has 5 heteroatoms. The first-order chi connectivity index (χ1) is 12.2. The highest BCUT2D eigenvalue weighted by atomic mass is 16.5. The molecule has 0 spiro atoms. The Morgan fingerprint density at radius 1 is 1.16 bits per heavy atom. The Bertz CT molecular complexity index is 855. The van der Waals surface area contributed by atoms with Crippen LogP contribution in [0.3, 0.4) is 0 Å². The number of ether oxygens (including phenoxy) is 2. The Balaban J connectivity index is 1.65. The van der Waals surface area contributed by atoms with E-state index in [1.165, 1.54) is 7.11 Å². The number of aryl methyl sites for hydroxylation is 1. The minimum absolute atomic E-state index is 0.450. The molecule has 0 unspecified atom stereocenters. The first kappa shape index (κ1) is 16.8. The quantitative estimate of drug-likeness (QED) is 0.608. The molecular weight excluding hydrogens is 318 g/mol. The fourth-order valence-corrected chi connectivity index (χ4v) is 2.51. The van der Waals surface area contributed by atoms with Crippen molar-refractivity contribution in [1.82, 2.24) is 4.98 Å². The lowest BCUT2D eigenvalue weighted by atomic mass is 10.2. The van der Waals surface area contributed by atoms with E-state index in [-0.39, 0.29) is 0 Å². The molecule has 0 saturated heterocycles. The fourth-order valence-electron chi connectivity index (χ4n) is 2.51. The fraction of sp³-hybridized carbons (Fsp3) is 0.200. The first-order valence-electron chi connectivity index (χ1n) is 7.99. The maximum Gasteiger partial charge on any atom is 0.226 e. The average molecular weight is 337 g/mol. The van der Waals surface area contributed by atoms with Crippen molar-refractivity contribution in [3.05, 3.63) is 65.5 Å². The summed E-state index contributed by atoms with van der Waals surface area (Å²) in [6, 6.07) is 14.9. The van der Waals surface area contributed by atoms with Gasteiger partial charge in [0.15, 0.2) is 6.29 Å². The van der Waals surface area contributed by atoms with Crippen LogP contribution in [0.4, 0.5) is 0 Å². The third kappa shape index (κ3) is 3.88. The second-order valence-corrected chi connectivity index (χ2v) is 5.51. The Morgan fingerprint density at radius 2 is 1.96 bits per heavy atom. The number of benzene rings is 2. The van der Waals surface area contributed by atoms with Gasteiger partial charge >= 0.3 is 0 Å². The summed E-state index contributed by atoms with van der Waals surface area (Å²) in [7, 11) is 1.52. The number of aromatic nitrogens is 1. The van der Waals surface area contributed by atoms with Gasteiger partial charge in [-0.1, -0.05) is 18.2 Å². The van der Waals surface area contributed by atoms with Gasteiger partial charge in [-0.2, -0.15) is 0 Å². The smallest absolute Gasteiger partial charge is 0.226 e. The number of rotatable bonds is 7. The number of hydrogen-bond acceptors (Lipinski definition) is 5. The van der Waals surface area contributed by atoms with E-state index in [0.29, 0.717) is 36.0 Å². The highest BCUT2D eigenvalue weighted by Gasteiger charge is 2.11. The van der Waals surface area contributed by atoms with Crippen LogP contribution in [-0.2, 0) is 6.42 Å². The van der Waals surface area contributed by atoms with E-state index in [4.69, 9.17) is 13.9 Å². The van der Waals surface area contributed by atoms with E-state index in [9.17, 15) is 4.79 Å². The lowest BCUT2D eigenvalue weighted by molar-refractivity contribution is 0.112. The van der Waals surface area contributed by atoms with E-state index < -0.39 is 0 Å². The van der Waals surface area contributed by atoms with Gasteiger partial charge in [-0.05, 0) is 31.2 Å². The Kier molecular flexibility index (Phi) is 5.14. The van der Waals surface area contributed by atoms with Crippen molar-refractivity contribution < 1.29 is 18.7 Å². The largest absolute Gasteiger partial charge is 0.496 e. The van der Waals surface area contributed by atoms with Gasteiger partial charge in [-0.25, -0.2) is 4.98 Å². The highest BCUT2D eigenvalue weighted by Crippen LogP contribution is 2.24. The molecule has 0 amide bonds. The predicted octanol–water partition coefficient (Wildman–Crippen LogP) is 4.09. The highest BCUT2D eigenvalue weighted by molar-refractivity contribution is 5.79. The third-order valence-electron chi connectivity index (χ3n) is 3.85. The summed E-state index contributed by atoms with van der Waals surface area (Å²) in [6.45, 7) is 2.35. The number of hydrogen-bond donors (Lipinski definition) is 0. The predicted molar refractivity (Wildman–Crippen MR) is 94.3 cm³/mol. The molecule has 128 valence electrons. The Hall–Kier alpha value is -3.08. The molecule has 2 aromatic carbocycles. The number of carbonyl (C=O) groups is 1. The van der Waals surface area contributed by atoms with Crippen LogP contribution in [0.2, 0.25) is 0 Å². The Labute approximate surface area is 146 Å². The molecular formula is C20H19NO4. The number of aldehydes is 1. The van der Waals surface area contributed by atoms with Crippen molar-refractivity contribution in [2.75, 3.05) is 13.7 Å². The van der Waals surface area contributed by atoms with E-state index >= 15 is 0 Å². The van der Waals surface area contributed by atoms with Gasteiger partial charge in [-0.15, -0.1) is 0 Å². The van der Waals surface area contributed by atoms with Gasteiger partial charge in [0, 0.05) is 18.1 Å². The summed E-state index contributed by atoms with van der Waals surface area (Å²) < 4.78 is 16.7. The van der Waals surface area contributed by atoms with Gasteiger partial charge in [0.05, 0.1) is 25.0 Å². The van der Waals surface area contributed by atoms with Crippen LogP contribution in [0.5, 0.6) is 11.5 Å². The molecule has 25 heavy (non-hydrogen) atoms. The Morgan fingerprint density at radius 3 is 2.68 bits per heavy atom. The lowest BCUT2D eigenvalue weighted by Gasteiger charge is -2.08. The molecule has 0 fully saturated rings. The molecule has 0 radical (unpaired) electrons. The maximum atomic E-state index is 10.9. The van der Waals surface area contributed by atoms with Crippen LogP contribution in [0.25, 0.3) is 11.5 Å². The molecule has 0 aliphatic rings. The molecule has 1 aromatic heterocycles. The van der Waals surface area contributed by atoms with Crippen molar-refractivity contribution in [2.24, 2.45) is 0 Å². The average Bonchev–Trinajstić information content (AvgIpc) is 3.03. The number of carbonyl (C=O) groups excluding carboxylic acids is 1. The monoisotopic (exact) mass is 337 g/mol. The minimum atomic E-state index is 0.450. The molecule has 0 bridgehead atoms. The van der Waals surface area contributed by atoms with Crippen LogP contribution < -0.4 is 9.47 Å². The van der Waals surface area contributed by atoms with E-state index in [1.54, 1.807) is 18.2 Å². The van der Waals surface area contributed by atoms with Crippen molar-refractivity contribution in [3.8, 4) is 23.0 Å². The van der Waals surface area contributed by atoms with Gasteiger partial charge in [0.25, 0.3) is 0 Å². The SMILES string of the molecule is COc1cc(OCCc2nc(-c3ccccc3)oc2C)ccc1C=O. The summed E-state index contributed by atoms with van der Waals surface area (Å²) in [6.07, 6.45) is 1.38. The standard InChI is InChI=1S/C20H19NO4/c1-14-18(21-20(25-14)15-6-4-3-5-7-15)10-11-24-17-9-8-16(13-22)19(12-17)23-2/h3-9,12-13H,10-11H2,1-2H3. The molecule has 0 aliphatic heterocycles. The zero-order valence-electron chi connectivity index (χ0n) is 14.2. The lowest BCUT2D eigenvalue weighted by Crippen LogP contribution is -2.03. The van der Waals surface area contributed by atoms with Crippen molar-refractivity contribution in [1.29, 1.82) is 0 Å². The maximum absolute atomic E-state index is 10.9. The number of oxazole rings is 1. The second-order valence-electron chi connectivity index (χ2n) is 5.51. The third-order valence-corrected chi connectivity index (χ3v) is 3.85. The zero-order valence-corrected chi connectivity index (χ0v) is 14.2. The molecule has 0 aliphatic carbocycles. The summed E-state index contributed by atoms with van der Waals surface area (Å²) >= 11 is 0. The molecule has 3 rings (SSSR count). The molecule has 5 nitrogen and oxygen atoms in total. The molecule has 0 atom stereocenters. The van der Waals surface area contributed by atoms with Crippen LogP contribution in [0.15, 0.2) is 52.9 Å². The molecule has 0 saturated carbocycles. The summed E-state index contributed by atoms with van der Waals surface area (Å²) in [5, 5.41) is 0. The topological polar surface area (TPSA) is 61.6 Å². The van der Waals surface area contributed by atoms with Crippen LogP contribution in [-0.4, -0.2) is 25.0 Å².